The molecule has 0 amide bonds. The monoisotopic (exact) mass is 224 g/mol. The van der Waals surface area contributed by atoms with E-state index in [2.05, 4.69) is 11.8 Å². The number of likely N-dealkylation sites (tertiary alicyclic amines) is 1. The molecular formula is C14H28N2. The molecule has 0 bridgehead atoms. The molecule has 0 aromatic heterocycles. The van der Waals surface area contributed by atoms with Crippen molar-refractivity contribution in [1.82, 2.24) is 4.90 Å². The summed E-state index contributed by atoms with van der Waals surface area (Å²) in [5.74, 6) is 1.75. The topological polar surface area (TPSA) is 29.3 Å². The third-order valence-electron chi connectivity index (χ3n) is 4.62. The number of rotatable bonds is 4. The lowest BCUT2D eigenvalue weighted by atomic mass is 9.94. The van der Waals surface area contributed by atoms with Crippen molar-refractivity contribution in [3.8, 4) is 0 Å². The van der Waals surface area contributed by atoms with Crippen LogP contribution in [-0.4, -0.2) is 30.6 Å². The maximum Gasteiger partial charge on any atom is 0.00889 e. The van der Waals surface area contributed by atoms with E-state index in [-0.39, 0.29) is 0 Å². The summed E-state index contributed by atoms with van der Waals surface area (Å²) in [7, 11) is 0. The first-order chi connectivity index (χ1) is 7.75. The van der Waals surface area contributed by atoms with Crippen molar-refractivity contribution in [2.45, 2.75) is 57.9 Å². The fourth-order valence-electron chi connectivity index (χ4n) is 3.36. The summed E-state index contributed by atoms with van der Waals surface area (Å²) < 4.78 is 0. The fourth-order valence-corrected chi connectivity index (χ4v) is 3.36. The summed E-state index contributed by atoms with van der Waals surface area (Å²) in [4.78, 5) is 2.63. The molecule has 2 heteroatoms. The van der Waals surface area contributed by atoms with Crippen LogP contribution >= 0.6 is 0 Å². The van der Waals surface area contributed by atoms with E-state index in [1.54, 1.807) is 0 Å². The first-order valence-electron chi connectivity index (χ1n) is 7.23. The molecule has 0 aromatic carbocycles. The Kier molecular flexibility index (Phi) is 4.66. The van der Waals surface area contributed by atoms with Crippen LogP contribution in [0.3, 0.4) is 0 Å². The Bertz CT molecular complexity index is 199. The van der Waals surface area contributed by atoms with Crippen LogP contribution in [0.4, 0.5) is 0 Å². The lowest BCUT2D eigenvalue weighted by Gasteiger charge is -2.35. The van der Waals surface area contributed by atoms with Crippen LogP contribution in [-0.2, 0) is 0 Å². The molecule has 2 aliphatic rings. The van der Waals surface area contributed by atoms with Gasteiger partial charge >= 0.3 is 0 Å². The normalized spacial score (nSPS) is 33.4. The number of nitrogens with zero attached hydrogens (tertiary/aromatic N) is 1. The van der Waals surface area contributed by atoms with Crippen LogP contribution < -0.4 is 5.73 Å². The standard InChI is InChI=1S/C14H28N2/c1-12-11-16(10-8-14(12)15)9-4-7-13-5-2-3-6-13/h12-14H,2-11,15H2,1H3. The second-order valence-electron chi connectivity index (χ2n) is 6.02. The molecule has 1 saturated heterocycles. The first kappa shape index (κ1) is 12.4. The Morgan fingerprint density at radius 3 is 2.62 bits per heavy atom. The van der Waals surface area contributed by atoms with Crippen molar-refractivity contribution in [3.63, 3.8) is 0 Å². The maximum absolute atomic E-state index is 6.04. The van der Waals surface area contributed by atoms with Crippen molar-refractivity contribution in [2.75, 3.05) is 19.6 Å². The Labute approximate surface area is 101 Å². The highest BCUT2D eigenvalue weighted by Gasteiger charge is 2.23. The molecule has 0 aromatic rings. The lowest BCUT2D eigenvalue weighted by Crippen LogP contribution is -2.46. The summed E-state index contributed by atoms with van der Waals surface area (Å²) in [5, 5.41) is 0. The van der Waals surface area contributed by atoms with Crippen molar-refractivity contribution in [1.29, 1.82) is 0 Å². The van der Waals surface area contributed by atoms with Gasteiger partial charge in [0.15, 0.2) is 0 Å². The molecule has 0 spiro atoms. The SMILES string of the molecule is CC1CN(CCCC2CCCC2)CCC1N. The molecule has 2 N–H and O–H groups in total. The van der Waals surface area contributed by atoms with E-state index < -0.39 is 0 Å². The van der Waals surface area contributed by atoms with Crippen LogP contribution in [0.25, 0.3) is 0 Å². The second-order valence-corrected chi connectivity index (χ2v) is 6.02. The van der Waals surface area contributed by atoms with Gasteiger partial charge in [-0.2, -0.15) is 0 Å². The van der Waals surface area contributed by atoms with Gasteiger partial charge in [0, 0.05) is 12.6 Å². The second kappa shape index (κ2) is 6.02. The van der Waals surface area contributed by atoms with Gasteiger partial charge in [-0.05, 0) is 44.2 Å². The molecular weight excluding hydrogens is 196 g/mol. The van der Waals surface area contributed by atoms with E-state index in [9.17, 15) is 0 Å². The van der Waals surface area contributed by atoms with E-state index in [4.69, 9.17) is 5.73 Å². The third-order valence-corrected chi connectivity index (χ3v) is 4.62. The summed E-state index contributed by atoms with van der Waals surface area (Å²) >= 11 is 0. The zero-order chi connectivity index (χ0) is 11.4. The molecule has 0 radical (unpaired) electrons. The fraction of sp³-hybridized carbons (Fsp3) is 1.00. The third kappa shape index (κ3) is 3.46. The van der Waals surface area contributed by atoms with E-state index in [1.165, 1.54) is 64.6 Å². The minimum atomic E-state index is 0.450. The van der Waals surface area contributed by atoms with Gasteiger partial charge in [-0.1, -0.05) is 32.6 Å². The highest BCUT2D eigenvalue weighted by molar-refractivity contribution is 4.80. The Hall–Kier alpha value is -0.0800. The Morgan fingerprint density at radius 1 is 1.19 bits per heavy atom. The molecule has 16 heavy (non-hydrogen) atoms. The summed E-state index contributed by atoms with van der Waals surface area (Å²) in [6, 6.07) is 0.450. The van der Waals surface area contributed by atoms with Crippen molar-refractivity contribution in [2.24, 2.45) is 17.6 Å². The van der Waals surface area contributed by atoms with Crippen molar-refractivity contribution < 1.29 is 0 Å². The van der Waals surface area contributed by atoms with Gasteiger partial charge < -0.3 is 10.6 Å². The highest BCUT2D eigenvalue weighted by Crippen LogP contribution is 2.28. The van der Waals surface area contributed by atoms with E-state index in [0.29, 0.717) is 12.0 Å². The predicted octanol–water partition coefficient (Wildman–Crippen LogP) is 2.63. The lowest BCUT2D eigenvalue weighted by molar-refractivity contribution is 0.160. The van der Waals surface area contributed by atoms with Crippen LogP contribution in [0.15, 0.2) is 0 Å². The zero-order valence-electron chi connectivity index (χ0n) is 10.8. The molecule has 2 nitrogen and oxygen atoms in total. The molecule has 1 heterocycles. The van der Waals surface area contributed by atoms with Crippen LogP contribution in [0.2, 0.25) is 0 Å². The van der Waals surface area contributed by atoms with Gasteiger partial charge in [0.05, 0.1) is 0 Å². The van der Waals surface area contributed by atoms with E-state index >= 15 is 0 Å². The molecule has 2 fully saturated rings. The van der Waals surface area contributed by atoms with Gasteiger partial charge in [0.1, 0.15) is 0 Å². The number of nitrogens with two attached hydrogens (primary N) is 1. The molecule has 94 valence electrons. The smallest absolute Gasteiger partial charge is 0.00889 e. The Balaban J connectivity index is 1.59. The molecule has 2 atom stereocenters. The molecule has 1 aliphatic heterocycles. The average molecular weight is 224 g/mol. The van der Waals surface area contributed by atoms with Gasteiger partial charge in [-0.15, -0.1) is 0 Å². The van der Waals surface area contributed by atoms with E-state index in [1.807, 2.05) is 0 Å². The molecule has 2 unspecified atom stereocenters. The summed E-state index contributed by atoms with van der Waals surface area (Å²) in [6.07, 6.45) is 10.1. The summed E-state index contributed by atoms with van der Waals surface area (Å²) in [5.41, 5.74) is 6.04. The van der Waals surface area contributed by atoms with Gasteiger partial charge in [-0.25, -0.2) is 0 Å². The van der Waals surface area contributed by atoms with Crippen molar-refractivity contribution >= 4 is 0 Å². The van der Waals surface area contributed by atoms with Gasteiger partial charge in [-0.3, -0.25) is 0 Å². The first-order valence-corrected chi connectivity index (χ1v) is 7.23. The average Bonchev–Trinajstić information content (AvgIpc) is 2.76. The number of hydrogen-bond acceptors (Lipinski definition) is 2. The van der Waals surface area contributed by atoms with Gasteiger partial charge in [0.2, 0.25) is 0 Å². The largest absolute Gasteiger partial charge is 0.327 e. The van der Waals surface area contributed by atoms with Crippen molar-refractivity contribution in [3.05, 3.63) is 0 Å². The Morgan fingerprint density at radius 2 is 1.94 bits per heavy atom. The number of hydrogen-bond donors (Lipinski definition) is 1. The van der Waals surface area contributed by atoms with Crippen LogP contribution in [0.1, 0.15) is 51.9 Å². The van der Waals surface area contributed by atoms with Crippen LogP contribution in [0, 0.1) is 11.8 Å². The minimum Gasteiger partial charge on any atom is -0.327 e. The molecule has 1 aliphatic carbocycles. The number of piperidine rings is 1. The predicted molar refractivity (Wildman–Crippen MR) is 69.4 cm³/mol. The summed E-state index contributed by atoms with van der Waals surface area (Å²) in [6.45, 7) is 6.07. The maximum atomic E-state index is 6.04. The zero-order valence-corrected chi connectivity index (χ0v) is 10.8. The molecule has 1 saturated carbocycles. The van der Waals surface area contributed by atoms with E-state index in [0.717, 1.165) is 5.92 Å². The minimum absolute atomic E-state index is 0.450. The van der Waals surface area contributed by atoms with Gasteiger partial charge in [0.25, 0.3) is 0 Å². The quantitative estimate of drug-likeness (QED) is 0.795. The molecule has 2 rings (SSSR count). The van der Waals surface area contributed by atoms with Crippen LogP contribution in [0.5, 0.6) is 0 Å². The highest BCUT2D eigenvalue weighted by atomic mass is 15.1.